The summed E-state index contributed by atoms with van der Waals surface area (Å²) in [6.07, 6.45) is 6.30. The molecule has 2 unspecified atom stereocenters. The first-order valence-electron chi connectivity index (χ1n) is 14.4. The number of carbonyl (C=O) groups is 3. The SMILES string of the molecule is C=CCCCOC(=O)[C@@H]1[C@H]2C(=O)N([C@H](C)CO)C(C(=O)N(CC=C)c3ccc(N(CC)CC)cc3)C23CC[C@H]1S3. The fraction of sp³-hybridized carbons (Fsp3) is 0.581. The zero-order valence-corrected chi connectivity index (χ0v) is 24.8. The van der Waals surface area contributed by atoms with Crippen LogP contribution in [0.5, 0.6) is 0 Å². The van der Waals surface area contributed by atoms with Gasteiger partial charge in [0.05, 0.1) is 35.8 Å². The molecule has 8 nitrogen and oxygen atoms in total. The Morgan fingerprint density at radius 2 is 1.88 bits per heavy atom. The summed E-state index contributed by atoms with van der Waals surface area (Å²) in [5.41, 5.74) is 1.80. The van der Waals surface area contributed by atoms with Crippen molar-refractivity contribution in [1.82, 2.24) is 4.90 Å². The van der Waals surface area contributed by atoms with Crippen molar-refractivity contribution in [3.05, 3.63) is 49.6 Å². The lowest BCUT2D eigenvalue weighted by molar-refractivity contribution is -0.154. The summed E-state index contributed by atoms with van der Waals surface area (Å²) >= 11 is 1.60. The van der Waals surface area contributed by atoms with Crippen LogP contribution in [0.4, 0.5) is 11.4 Å². The molecule has 1 spiro atoms. The fourth-order valence-electron chi connectivity index (χ4n) is 6.73. The number of anilines is 2. The highest BCUT2D eigenvalue weighted by Gasteiger charge is 2.74. The van der Waals surface area contributed by atoms with E-state index in [0.29, 0.717) is 12.8 Å². The second kappa shape index (κ2) is 12.8. The lowest BCUT2D eigenvalue weighted by Crippen LogP contribution is -2.57. The number of thioether (sulfide) groups is 1. The maximum absolute atomic E-state index is 14.5. The Bertz CT molecular complexity index is 1110. The van der Waals surface area contributed by atoms with Gasteiger partial charge >= 0.3 is 5.97 Å². The summed E-state index contributed by atoms with van der Waals surface area (Å²) in [5, 5.41) is 10.1. The monoisotopic (exact) mass is 569 g/mol. The van der Waals surface area contributed by atoms with Crippen molar-refractivity contribution in [3.63, 3.8) is 0 Å². The number of aliphatic hydroxyl groups excluding tert-OH is 1. The lowest BCUT2D eigenvalue weighted by atomic mass is 9.71. The zero-order chi connectivity index (χ0) is 29.0. The zero-order valence-electron chi connectivity index (χ0n) is 24.0. The standard InChI is InChI=1S/C31H43N3O5S/c1-6-10-11-19-39-30(38)25-24-16-17-31(40-24)26(25)28(36)34(21(5)20-35)27(31)29(37)33(18-7-2)23-14-12-22(13-15-23)32(8-3)9-4/h6-7,12-15,21,24-27,35H,1-2,8-11,16-20H2,3-5H3/t21-,24-,25+,26+,27?,31?/m1/s1. The van der Waals surface area contributed by atoms with Gasteiger partial charge < -0.3 is 24.5 Å². The van der Waals surface area contributed by atoms with Gasteiger partial charge in [0.25, 0.3) is 5.91 Å². The average molecular weight is 570 g/mol. The Morgan fingerprint density at radius 1 is 1.20 bits per heavy atom. The third-order valence-electron chi connectivity index (χ3n) is 8.65. The summed E-state index contributed by atoms with van der Waals surface area (Å²) in [6, 6.07) is 6.51. The molecule has 3 fully saturated rings. The number of fused-ring (bicyclic) bond motifs is 1. The van der Waals surface area contributed by atoms with Crippen LogP contribution >= 0.6 is 11.8 Å². The highest BCUT2D eigenvalue weighted by molar-refractivity contribution is 8.02. The molecule has 6 atom stereocenters. The normalized spacial score (nSPS) is 27.3. The van der Waals surface area contributed by atoms with Crippen molar-refractivity contribution in [3.8, 4) is 0 Å². The minimum Gasteiger partial charge on any atom is -0.465 e. The van der Waals surface area contributed by atoms with E-state index in [1.165, 1.54) is 0 Å². The highest BCUT2D eigenvalue weighted by Crippen LogP contribution is 2.67. The van der Waals surface area contributed by atoms with E-state index in [9.17, 15) is 19.5 Å². The molecule has 1 N–H and O–H groups in total. The van der Waals surface area contributed by atoms with Gasteiger partial charge in [-0.1, -0.05) is 12.2 Å². The highest BCUT2D eigenvalue weighted by atomic mass is 32.2. The predicted octanol–water partition coefficient (Wildman–Crippen LogP) is 4.03. The molecule has 2 amide bonds. The molecular formula is C31H43N3O5S. The maximum Gasteiger partial charge on any atom is 0.310 e. The van der Waals surface area contributed by atoms with E-state index in [0.717, 1.165) is 37.3 Å². The molecule has 3 saturated heterocycles. The Labute approximate surface area is 242 Å². The molecule has 9 heteroatoms. The van der Waals surface area contributed by atoms with Crippen molar-refractivity contribution in [2.75, 3.05) is 42.6 Å². The Balaban J connectivity index is 1.68. The molecule has 1 aromatic carbocycles. The molecule has 4 rings (SSSR count). The third kappa shape index (κ3) is 5.18. The first kappa shape index (κ1) is 30.2. The van der Waals surface area contributed by atoms with Gasteiger partial charge in [-0.3, -0.25) is 14.4 Å². The van der Waals surface area contributed by atoms with Crippen molar-refractivity contribution in [2.45, 2.75) is 68.5 Å². The van der Waals surface area contributed by atoms with Gasteiger partial charge in [-0.25, -0.2) is 0 Å². The fourth-order valence-corrected chi connectivity index (χ4v) is 8.92. The molecule has 0 aromatic heterocycles. The van der Waals surface area contributed by atoms with Gasteiger partial charge in [0, 0.05) is 36.3 Å². The number of carbonyl (C=O) groups excluding carboxylic acids is 3. The first-order chi connectivity index (χ1) is 19.3. The average Bonchev–Trinajstić information content (AvgIpc) is 3.61. The van der Waals surface area contributed by atoms with E-state index in [1.54, 1.807) is 40.6 Å². The molecule has 3 aliphatic rings. The minimum absolute atomic E-state index is 0.0658. The summed E-state index contributed by atoms with van der Waals surface area (Å²) in [6.45, 7) is 15.6. The lowest BCUT2D eigenvalue weighted by Gasteiger charge is -2.39. The Hall–Kier alpha value is -2.78. The van der Waals surface area contributed by atoms with E-state index in [4.69, 9.17) is 4.74 Å². The molecule has 1 aromatic rings. The quantitative estimate of drug-likeness (QED) is 0.206. The topological polar surface area (TPSA) is 90.4 Å². The number of benzene rings is 1. The third-order valence-corrected chi connectivity index (χ3v) is 10.6. The second-order valence-corrected chi connectivity index (χ2v) is 12.5. The van der Waals surface area contributed by atoms with Crippen molar-refractivity contribution < 1.29 is 24.2 Å². The molecule has 0 saturated carbocycles. The van der Waals surface area contributed by atoms with E-state index < -0.39 is 28.7 Å². The van der Waals surface area contributed by atoms with Crippen molar-refractivity contribution >= 4 is 40.9 Å². The second-order valence-electron chi connectivity index (χ2n) is 10.9. The van der Waals surface area contributed by atoms with E-state index >= 15 is 0 Å². The van der Waals surface area contributed by atoms with Crippen LogP contribution in [-0.2, 0) is 19.1 Å². The summed E-state index contributed by atoms with van der Waals surface area (Å²) < 4.78 is 4.88. The van der Waals surface area contributed by atoms with Crippen LogP contribution in [0.15, 0.2) is 49.6 Å². The largest absolute Gasteiger partial charge is 0.465 e. The predicted molar refractivity (Wildman–Crippen MR) is 160 cm³/mol. The number of aliphatic hydroxyl groups is 1. The van der Waals surface area contributed by atoms with Crippen molar-refractivity contribution in [1.29, 1.82) is 0 Å². The van der Waals surface area contributed by atoms with Crippen LogP contribution in [0.1, 0.15) is 46.5 Å². The molecule has 0 aliphatic carbocycles. The van der Waals surface area contributed by atoms with Crippen LogP contribution in [0.25, 0.3) is 0 Å². The smallest absolute Gasteiger partial charge is 0.310 e. The van der Waals surface area contributed by atoms with Gasteiger partial charge in [0.2, 0.25) is 5.91 Å². The molecule has 3 aliphatic heterocycles. The van der Waals surface area contributed by atoms with Crippen LogP contribution in [-0.4, -0.2) is 82.7 Å². The van der Waals surface area contributed by atoms with Crippen LogP contribution in [0, 0.1) is 11.8 Å². The number of esters is 1. The van der Waals surface area contributed by atoms with Crippen LogP contribution < -0.4 is 9.80 Å². The molecular weight excluding hydrogens is 526 g/mol. The number of unbranched alkanes of at least 4 members (excludes halogenated alkanes) is 1. The summed E-state index contributed by atoms with van der Waals surface area (Å²) in [7, 11) is 0. The van der Waals surface area contributed by atoms with Crippen molar-refractivity contribution in [2.24, 2.45) is 11.8 Å². The molecule has 218 valence electrons. The number of rotatable bonds is 14. The molecule has 40 heavy (non-hydrogen) atoms. The number of allylic oxidation sites excluding steroid dienone is 1. The number of hydrogen-bond acceptors (Lipinski definition) is 7. The van der Waals surface area contributed by atoms with E-state index in [1.807, 2.05) is 24.3 Å². The van der Waals surface area contributed by atoms with Gasteiger partial charge in [0.15, 0.2) is 0 Å². The maximum atomic E-state index is 14.5. The van der Waals surface area contributed by atoms with E-state index in [-0.39, 0.29) is 42.8 Å². The number of amides is 2. The van der Waals surface area contributed by atoms with E-state index in [2.05, 4.69) is 31.9 Å². The minimum atomic E-state index is -0.803. The van der Waals surface area contributed by atoms with Gasteiger partial charge in [-0.05, 0) is 70.7 Å². The summed E-state index contributed by atoms with van der Waals surface area (Å²) in [4.78, 5) is 47.4. The Morgan fingerprint density at radius 3 is 2.48 bits per heavy atom. The van der Waals surface area contributed by atoms with Crippen LogP contribution in [0.2, 0.25) is 0 Å². The number of likely N-dealkylation sites (tertiary alicyclic amines) is 1. The van der Waals surface area contributed by atoms with Gasteiger partial charge in [-0.15, -0.1) is 24.9 Å². The summed E-state index contributed by atoms with van der Waals surface area (Å²) in [5.74, 6) is -2.05. The first-order valence-corrected chi connectivity index (χ1v) is 15.3. The van der Waals surface area contributed by atoms with Gasteiger partial charge in [-0.2, -0.15) is 0 Å². The molecule has 3 heterocycles. The van der Waals surface area contributed by atoms with Crippen LogP contribution in [0.3, 0.4) is 0 Å². The number of hydrogen-bond donors (Lipinski definition) is 1. The number of ether oxygens (including phenoxy) is 1. The van der Waals surface area contributed by atoms with Gasteiger partial charge in [0.1, 0.15) is 6.04 Å². The number of nitrogens with zero attached hydrogens (tertiary/aromatic N) is 3. The molecule has 2 bridgehead atoms. The Kier molecular flexibility index (Phi) is 9.67. The molecule has 0 radical (unpaired) electrons.